The van der Waals surface area contributed by atoms with E-state index in [0.29, 0.717) is 12.5 Å². The normalized spacial score (nSPS) is 17.1. The highest BCUT2D eigenvalue weighted by Gasteiger charge is 2.19. The smallest absolute Gasteiger partial charge is 0.261 e. The van der Waals surface area contributed by atoms with Crippen LogP contribution in [-0.4, -0.2) is 28.2 Å². The Hall–Kier alpha value is -0.200. The molecule has 20 heavy (non-hydrogen) atoms. The monoisotopic (exact) mass is 358 g/mol. The summed E-state index contributed by atoms with van der Waals surface area (Å²) in [6.07, 6.45) is 1.84. The van der Waals surface area contributed by atoms with Crippen LogP contribution in [0, 0.1) is 5.92 Å². The van der Waals surface area contributed by atoms with Gasteiger partial charge >= 0.3 is 0 Å². The van der Waals surface area contributed by atoms with Crippen molar-refractivity contribution in [3.63, 3.8) is 0 Å². The van der Waals surface area contributed by atoms with Gasteiger partial charge in [0.25, 0.3) is 9.05 Å². The van der Waals surface area contributed by atoms with Crippen molar-refractivity contribution in [2.24, 2.45) is 5.92 Å². The first-order valence-electron chi connectivity index (χ1n) is 6.02. The van der Waals surface area contributed by atoms with Crippen LogP contribution in [0.3, 0.4) is 0 Å². The third kappa shape index (κ3) is 4.15. The molecular weight excluding hydrogens is 347 g/mol. The van der Waals surface area contributed by atoms with Crippen LogP contribution in [-0.2, 0) is 13.8 Å². The predicted octanol–water partition coefficient (Wildman–Crippen LogP) is 3.73. The van der Waals surface area contributed by atoms with Crippen LogP contribution in [0.5, 0.6) is 5.75 Å². The molecule has 112 valence electrons. The van der Waals surface area contributed by atoms with Gasteiger partial charge < -0.3 is 9.47 Å². The quantitative estimate of drug-likeness (QED) is 0.769. The third-order valence-electron chi connectivity index (χ3n) is 3.06. The summed E-state index contributed by atoms with van der Waals surface area (Å²) in [6.45, 7) is 1.91. The first-order valence-corrected chi connectivity index (χ1v) is 9.08. The summed E-state index contributed by atoms with van der Waals surface area (Å²) in [7, 11) is 1.39. The Morgan fingerprint density at radius 3 is 2.25 bits per heavy atom. The predicted molar refractivity (Wildman–Crippen MR) is 78.5 cm³/mol. The van der Waals surface area contributed by atoms with Crippen LogP contribution in [0.2, 0.25) is 10.0 Å². The van der Waals surface area contributed by atoms with E-state index in [1.807, 2.05) is 0 Å². The second kappa shape index (κ2) is 6.71. The van der Waals surface area contributed by atoms with Crippen LogP contribution >= 0.6 is 33.9 Å². The molecule has 2 rings (SSSR count). The molecule has 1 aromatic rings. The van der Waals surface area contributed by atoms with E-state index in [4.69, 9.17) is 43.4 Å². The maximum atomic E-state index is 11.2. The van der Waals surface area contributed by atoms with E-state index in [-0.39, 0.29) is 20.7 Å². The van der Waals surface area contributed by atoms with Crippen molar-refractivity contribution in [2.45, 2.75) is 17.7 Å². The summed E-state index contributed by atoms with van der Waals surface area (Å²) < 4.78 is 33.4. The fourth-order valence-corrected chi connectivity index (χ4v) is 3.44. The number of halogens is 3. The van der Waals surface area contributed by atoms with E-state index < -0.39 is 9.05 Å². The van der Waals surface area contributed by atoms with E-state index in [1.165, 1.54) is 12.1 Å². The highest BCUT2D eigenvalue weighted by atomic mass is 35.7. The van der Waals surface area contributed by atoms with Crippen LogP contribution in [0.4, 0.5) is 0 Å². The molecular formula is C12H13Cl3O4S. The maximum absolute atomic E-state index is 11.2. The molecule has 4 nitrogen and oxygen atoms in total. The van der Waals surface area contributed by atoms with Crippen molar-refractivity contribution in [3.8, 4) is 5.75 Å². The van der Waals surface area contributed by atoms with Crippen molar-refractivity contribution in [2.75, 3.05) is 19.8 Å². The van der Waals surface area contributed by atoms with Crippen molar-refractivity contribution >= 4 is 42.9 Å². The number of rotatable bonds is 4. The highest BCUT2D eigenvalue weighted by molar-refractivity contribution is 8.13. The van der Waals surface area contributed by atoms with E-state index >= 15 is 0 Å². The maximum Gasteiger partial charge on any atom is 0.261 e. The zero-order valence-corrected chi connectivity index (χ0v) is 13.5. The van der Waals surface area contributed by atoms with Crippen LogP contribution in [0.25, 0.3) is 0 Å². The van der Waals surface area contributed by atoms with E-state index in [0.717, 1.165) is 26.1 Å². The van der Waals surface area contributed by atoms with Gasteiger partial charge in [0.05, 0.1) is 21.5 Å². The molecule has 1 fully saturated rings. The lowest BCUT2D eigenvalue weighted by Gasteiger charge is -2.22. The molecule has 8 heteroatoms. The van der Waals surface area contributed by atoms with Gasteiger partial charge in [-0.2, -0.15) is 0 Å². The second-order valence-electron chi connectivity index (χ2n) is 4.52. The molecule has 1 heterocycles. The standard InChI is InChI=1S/C12H13Cl3O4S/c13-10-5-9(20(15,16)17)6-11(14)12(10)19-7-8-1-3-18-4-2-8/h5-6,8H,1-4,7H2. The first kappa shape index (κ1) is 16.2. The minimum Gasteiger partial charge on any atom is -0.490 e. The summed E-state index contributed by atoms with van der Waals surface area (Å²) in [5.74, 6) is 0.663. The minimum absolute atomic E-state index is 0.129. The summed E-state index contributed by atoms with van der Waals surface area (Å²) >= 11 is 12.0. The van der Waals surface area contributed by atoms with Gasteiger partial charge in [-0.25, -0.2) is 8.42 Å². The van der Waals surface area contributed by atoms with Crippen molar-refractivity contribution < 1.29 is 17.9 Å². The average Bonchev–Trinajstić information content (AvgIpc) is 2.37. The molecule has 0 N–H and O–H groups in total. The summed E-state index contributed by atoms with van der Waals surface area (Å²) in [5.41, 5.74) is 0. The Morgan fingerprint density at radius 1 is 1.20 bits per heavy atom. The lowest BCUT2D eigenvalue weighted by molar-refractivity contribution is 0.0498. The topological polar surface area (TPSA) is 52.6 Å². The van der Waals surface area contributed by atoms with E-state index in [2.05, 4.69) is 0 Å². The molecule has 0 spiro atoms. The second-order valence-corrected chi connectivity index (χ2v) is 7.90. The Balaban J connectivity index is 2.12. The van der Waals surface area contributed by atoms with Crippen molar-refractivity contribution in [1.82, 2.24) is 0 Å². The molecule has 1 saturated heterocycles. The molecule has 0 aliphatic carbocycles. The average molecular weight is 360 g/mol. The van der Waals surface area contributed by atoms with Gasteiger partial charge in [-0.15, -0.1) is 0 Å². The molecule has 0 unspecified atom stereocenters. The molecule has 0 amide bonds. The lowest BCUT2D eigenvalue weighted by atomic mass is 10.0. The Labute approximate surface area is 132 Å². The van der Waals surface area contributed by atoms with Crippen molar-refractivity contribution in [3.05, 3.63) is 22.2 Å². The number of hydrogen-bond acceptors (Lipinski definition) is 4. The molecule has 0 aromatic heterocycles. The Morgan fingerprint density at radius 2 is 1.75 bits per heavy atom. The van der Waals surface area contributed by atoms with Gasteiger partial charge in [-0.1, -0.05) is 23.2 Å². The fraction of sp³-hybridized carbons (Fsp3) is 0.500. The third-order valence-corrected chi connectivity index (χ3v) is 4.95. The van der Waals surface area contributed by atoms with Crippen LogP contribution in [0.1, 0.15) is 12.8 Å². The lowest BCUT2D eigenvalue weighted by Crippen LogP contribution is -2.21. The molecule has 0 atom stereocenters. The van der Waals surface area contributed by atoms with E-state index in [9.17, 15) is 8.42 Å². The van der Waals surface area contributed by atoms with Gasteiger partial charge in [0.15, 0.2) is 5.75 Å². The van der Waals surface area contributed by atoms with Gasteiger partial charge in [0.2, 0.25) is 0 Å². The molecule has 1 aromatic carbocycles. The fourth-order valence-electron chi connectivity index (χ4n) is 1.93. The molecule has 1 aliphatic heterocycles. The van der Waals surface area contributed by atoms with Gasteiger partial charge in [-0.3, -0.25) is 0 Å². The zero-order valence-electron chi connectivity index (χ0n) is 10.4. The Bertz CT molecular complexity index is 559. The summed E-state index contributed by atoms with van der Waals surface area (Å²) in [4.78, 5) is -0.146. The Kier molecular flexibility index (Phi) is 5.42. The zero-order chi connectivity index (χ0) is 14.8. The van der Waals surface area contributed by atoms with E-state index in [1.54, 1.807) is 0 Å². The molecule has 1 aliphatic rings. The number of ether oxygens (including phenoxy) is 2. The highest BCUT2D eigenvalue weighted by Crippen LogP contribution is 2.37. The van der Waals surface area contributed by atoms with Crippen LogP contribution < -0.4 is 4.74 Å². The molecule has 0 radical (unpaired) electrons. The SMILES string of the molecule is O=S(=O)(Cl)c1cc(Cl)c(OCC2CCOCC2)c(Cl)c1. The first-order chi connectivity index (χ1) is 9.38. The molecule has 0 saturated carbocycles. The van der Waals surface area contributed by atoms with Gasteiger partial charge in [0.1, 0.15) is 0 Å². The minimum atomic E-state index is -3.87. The largest absolute Gasteiger partial charge is 0.490 e. The number of hydrogen-bond donors (Lipinski definition) is 0. The van der Waals surface area contributed by atoms with Gasteiger partial charge in [-0.05, 0) is 30.9 Å². The number of benzene rings is 1. The molecule has 0 bridgehead atoms. The van der Waals surface area contributed by atoms with Crippen molar-refractivity contribution in [1.29, 1.82) is 0 Å². The summed E-state index contributed by atoms with van der Waals surface area (Å²) in [6, 6.07) is 2.46. The van der Waals surface area contributed by atoms with Gasteiger partial charge in [0, 0.05) is 23.9 Å². The van der Waals surface area contributed by atoms with Crippen LogP contribution in [0.15, 0.2) is 17.0 Å². The summed E-state index contributed by atoms with van der Waals surface area (Å²) in [5, 5.41) is 0.257.